The van der Waals surface area contributed by atoms with E-state index in [1.807, 2.05) is 26.8 Å². The second kappa shape index (κ2) is 8.67. The van der Waals surface area contributed by atoms with Gasteiger partial charge in [0.25, 0.3) is 5.91 Å². The highest BCUT2D eigenvalue weighted by Gasteiger charge is 2.12. The zero-order valence-corrected chi connectivity index (χ0v) is 15.0. The van der Waals surface area contributed by atoms with Crippen molar-refractivity contribution in [3.63, 3.8) is 0 Å². The molecule has 3 amide bonds. The first kappa shape index (κ1) is 19.0. The Balaban J connectivity index is 2.04. The van der Waals surface area contributed by atoms with Gasteiger partial charge in [-0.05, 0) is 49.2 Å². The molecule has 0 bridgehead atoms. The molecule has 6 heteroatoms. The van der Waals surface area contributed by atoms with E-state index in [2.05, 4.69) is 16.0 Å². The Morgan fingerprint density at radius 1 is 0.962 bits per heavy atom. The molecule has 0 heterocycles. The second-order valence-corrected chi connectivity index (χ2v) is 6.36. The van der Waals surface area contributed by atoms with Crippen LogP contribution in [0, 0.1) is 17.2 Å². The van der Waals surface area contributed by atoms with Crippen molar-refractivity contribution in [3.8, 4) is 6.07 Å². The van der Waals surface area contributed by atoms with E-state index in [-0.39, 0.29) is 18.0 Å². The van der Waals surface area contributed by atoms with Crippen molar-refractivity contribution in [1.82, 2.24) is 5.32 Å². The summed E-state index contributed by atoms with van der Waals surface area (Å²) >= 11 is 0. The summed E-state index contributed by atoms with van der Waals surface area (Å²) in [5.74, 6) is 0.00160. The van der Waals surface area contributed by atoms with Crippen molar-refractivity contribution in [2.45, 2.75) is 26.8 Å². The Morgan fingerprint density at radius 3 is 2.27 bits per heavy atom. The van der Waals surface area contributed by atoms with Gasteiger partial charge < -0.3 is 16.0 Å². The third-order valence-electron chi connectivity index (χ3n) is 3.99. The lowest BCUT2D eigenvalue weighted by Gasteiger charge is -2.18. The first-order valence-electron chi connectivity index (χ1n) is 8.38. The zero-order valence-electron chi connectivity index (χ0n) is 15.0. The van der Waals surface area contributed by atoms with Crippen LogP contribution in [0.25, 0.3) is 0 Å². The Hall–Kier alpha value is -3.33. The monoisotopic (exact) mass is 350 g/mol. The van der Waals surface area contributed by atoms with E-state index >= 15 is 0 Å². The second-order valence-electron chi connectivity index (χ2n) is 6.36. The van der Waals surface area contributed by atoms with Crippen LogP contribution < -0.4 is 16.0 Å². The number of nitrogens with zero attached hydrogens (tertiary/aromatic N) is 1. The average Bonchev–Trinajstić information content (AvgIpc) is 2.61. The van der Waals surface area contributed by atoms with E-state index in [1.165, 1.54) is 0 Å². The van der Waals surface area contributed by atoms with E-state index in [4.69, 9.17) is 5.26 Å². The fraction of sp³-hybridized carbons (Fsp3) is 0.250. The smallest absolute Gasteiger partial charge is 0.319 e. The summed E-state index contributed by atoms with van der Waals surface area (Å²) in [6.45, 7) is 5.98. The average molecular weight is 350 g/mol. The van der Waals surface area contributed by atoms with Gasteiger partial charge in [-0.15, -0.1) is 0 Å². The fourth-order valence-corrected chi connectivity index (χ4v) is 2.15. The molecule has 0 fully saturated rings. The van der Waals surface area contributed by atoms with Gasteiger partial charge in [0, 0.05) is 23.0 Å². The molecule has 1 unspecified atom stereocenters. The molecule has 0 radical (unpaired) electrons. The first-order chi connectivity index (χ1) is 12.4. The molecule has 2 aromatic carbocycles. The summed E-state index contributed by atoms with van der Waals surface area (Å²) in [4.78, 5) is 24.4. The predicted molar refractivity (Wildman–Crippen MR) is 102 cm³/mol. The number of hydrogen-bond donors (Lipinski definition) is 3. The quantitative estimate of drug-likeness (QED) is 0.761. The van der Waals surface area contributed by atoms with Crippen LogP contribution in [0.4, 0.5) is 16.2 Å². The SMILES string of the molecule is CC(C)C(C)NC(=O)Nc1cccc(C(=O)Nc2cccc(C#N)c2)c1. The Morgan fingerprint density at radius 2 is 1.62 bits per heavy atom. The van der Waals surface area contributed by atoms with Crippen molar-refractivity contribution >= 4 is 23.3 Å². The molecule has 2 aromatic rings. The summed E-state index contributed by atoms with van der Waals surface area (Å²) in [7, 11) is 0. The van der Waals surface area contributed by atoms with Crippen molar-refractivity contribution in [3.05, 3.63) is 59.7 Å². The molecule has 0 saturated heterocycles. The molecule has 0 aromatic heterocycles. The molecule has 3 N–H and O–H groups in total. The Labute approximate surface area is 153 Å². The molecule has 0 aliphatic carbocycles. The van der Waals surface area contributed by atoms with Crippen LogP contribution >= 0.6 is 0 Å². The van der Waals surface area contributed by atoms with Gasteiger partial charge in [-0.25, -0.2) is 4.79 Å². The minimum atomic E-state index is -0.320. The maximum absolute atomic E-state index is 12.4. The van der Waals surface area contributed by atoms with E-state index in [0.29, 0.717) is 28.4 Å². The molecular formula is C20H22N4O2. The van der Waals surface area contributed by atoms with E-state index < -0.39 is 0 Å². The van der Waals surface area contributed by atoms with Gasteiger partial charge in [0.1, 0.15) is 0 Å². The minimum Gasteiger partial charge on any atom is -0.335 e. The van der Waals surface area contributed by atoms with Crippen molar-refractivity contribution < 1.29 is 9.59 Å². The molecule has 1 atom stereocenters. The maximum Gasteiger partial charge on any atom is 0.319 e. The summed E-state index contributed by atoms with van der Waals surface area (Å²) in [5, 5.41) is 17.2. The lowest BCUT2D eigenvalue weighted by atomic mass is 10.1. The van der Waals surface area contributed by atoms with Gasteiger partial charge in [-0.3, -0.25) is 4.79 Å². The Kier molecular flexibility index (Phi) is 6.34. The first-order valence-corrected chi connectivity index (χ1v) is 8.38. The van der Waals surface area contributed by atoms with E-state index in [9.17, 15) is 9.59 Å². The van der Waals surface area contributed by atoms with E-state index in [0.717, 1.165) is 0 Å². The highest BCUT2D eigenvalue weighted by atomic mass is 16.2. The number of urea groups is 1. The molecular weight excluding hydrogens is 328 g/mol. The van der Waals surface area contributed by atoms with Crippen LogP contribution in [0.2, 0.25) is 0 Å². The number of anilines is 2. The summed E-state index contributed by atoms with van der Waals surface area (Å²) < 4.78 is 0. The normalized spacial score (nSPS) is 11.3. The molecule has 0 aliphatic rings. The number of benzene rings is 2. The highest BCUT2D eigenvalue weighted by molar-refractivity contribution is 6.05. The molecule has 134 valence electrons. The largest absolute Gasteiger partial charge is 0.335 e. The Bertz CT molecular complexity index is 840. The zero-order chi connectivity index (χ0) is 19.1. The molecule has 6 nitrogen and oxygen atoms in total. The fourth-order valence-electron chi connectivity index (χ4n) is 2.15. The third-order valence-corrected chi connectivity index (χ3v) is 3.99. The van der Waals surface area contributed by atoms with Crippen LogP contribution in [-0.2, 0) is 0 Å². The van der Waals surface area contributed by atoms with Crippen LogP contribution in [0.15, 0.2) is 48.5 Å². The summed E-state index contributed by atoms with van der Waals surface area (Å²) in [5.41, 5.74) is 1.93. The number of carbonyl (C=O) groups excluding carboxylic acids is 2. The summed E-state index contributed by atoms with van der Waals surface area (Å²) in [6.07, 6.45) is 0. The van der Waals surface area contributed by atoms with Gasteiger partial charge in [0.05, 0.1) is 11.6 Å². The van der Waals surface area contributed by atoms with E-state index in [1.54, 1.807) is 48.5 Å². The van der Waals surface area contributed by atoms with Crippen molar-refractivity contribution in [2.24, 2.45) is 5.92 Å². The standard InChI is InChI=1S/C20H22N4O2/c1-13(2)14(3)22-20(26)24-18-9-5-7-16(11-18)19(25)23-17-8-4-6-15(10-17)12-21/h4-11,13-14H,1-3H3,(H,23,25)(H2,22,24,26). The minimum absolute atomic E-state index is 0.0360. The summed E-state index contributed by atoms with van der Waals surface area (Å²) in [6, 6.07) is 15.1. The van der Waals surface area contributed by atoms with Crippen LogP contribution in [0.5, 0.6) is 0 Å². The van der Waals surface area contributed by atoms with Gasteiger partial charge >= 0.3 is 6.03 Å². The molecule has 0 saturated carbocycles. The van der Waals surface area contributed by atoms with Gasteiger partial charge in [-0.2, -0.15) is 5.26 Å². The van der Waals surface area contributed by atoms with Gasteiger partial charge in [-0.1, -0.05) is 26.0 Å². The number of carbonyl (C=O) groups is 2. The maximum atomic E-state index is 12.4. The highest BCUT2D eigenvalue weighted by Crippen LogP contribution is 2.15. The lowest BCUT2D eigenvalue weighted by Crippen LogP contribution is -2.39. The number of nitrogens with one attached hydrogen (secondary N) is 3. The predicted octanol–water partition coefficient (Wildman–Crippen LogP) is 3.98. The molecule has 0 aliphatic heterocycles. The number of rotatable bonds is 5. The molecule has 0 spiro atoms. The lowest BCUT2D eigenvalue weighted by molar-refractivity contribution is 0.102. The number of amides is 3. The number of hydrogen-bond acceptors (Lipinski definition) is 3. The van der Waals surface area contributed by atoms with Gasteiger partial charge in [0.15, 0.2) is 0 Å². The molecule has 2 rings (SSSR count). The van der Waals surface area contributed by atoms with Crippen molar-refractivity contribution in [1.29, 1.82) is 5.26 Å². The van der Waals surface area contributed by atoms with Crippen LogP contribution in [0.1, 0.15) is 36.7 Å². The van der Waals surface area contributed by atoms with Crippen LogP contribution in [-0.4, -0.2) is 18.0 Å². The van der Waals surface area contributed by atoms with Gasteiger partial charge in [0.2, 0.25) is 0 Å². The van der Waals surface area contributed by atoms with Crippen LogP contribution in [0.3, 0.4) is 0 Å². The molecule has 26 heavy (non-hydrogen) atoms. The van der Waals surface area contributed by atoms with Crippen molar-refractivity contribution in [2.75, 3.05) is 10.6 Å². The topological polar surface area (TPSA) is 94.0 Å². The number of nitriles is 1. The third kappa shape index (κ3) is 5.35.